The van der Waals surface area contributed by atoms with Crippen LogP contribution in [-0.4, -0.2) is 25.1 Å². The van der Waals surface area contributed by atoms with Crippen molar-refractivity contribution in [2.24, 2.45) is 5.92 Å². The molecule has 0 aliphatic rings. The third kappa shape index (κ3) is 5.33. The lowest BCUT2D eigenvalue weighted by Gasteiger charge is -2.09. The summed E-state index contributed by atoms with van der Waals surface area (Å²) in [6.45, 7) is 6.71. The van der Waals surface area contributed by atoms with E-state index in [0.717, 1.165) is 12.1 Å². The maximum absolute atomic E-state index is 12.2. The normalized spacial score (nSPS) is 11.8. The predicted molar refractivity (Wildman–Crippen MR) is 87.4 cm³/mol. The second-order valence-corrected chi connectivity index (χ2v) is 7.44. The van der Waals surface area contributed by atoms with Gasteiger partial charge in [-0.25, -0.2) is 18.1 Å². The summed E-state index contributed by atoms with van der Waals surface area (Å²) >= 11 is 0. The third-order valence-corrected chi connectivity index (χ3v) is 4.50. The van der Waals surface area contributed by atoms with Crippen LogP contribution in [0.5, 0.6) is 0 Å². The lowest BCUT2D eigenvalue weighted by atomic mass is 10.1. The Morgan fingerprint density at radius 2 is 2.09 bits per heavy atom. The number of aryl methyl sites for hydroxylation is 1. The van der Waals surface area contributed by atoms with Crippen molar-refractivity contribution < 1.29 is 12.9 Å². The first-order valence-corrected chi connectivity index (χ1v) is 8.98. The van der Waals surface area contributed by atoms with Gasteiger partial charge in [0.15, 0.2) is 10.8 Å². The SMILES string of the molecule is Cc1cc(CNc2cccc(S(=O)(=O)NCCC(C)C)n2)on1. The van der Waals surface area contributed by atoms with Gasteiger partial charge in [0.05, 0.1) is 12.2 Å². The molecule has 2 heterocycles. The predicted octanol–water partition coefficient (Wildman–Crippen LogP) is 2.31. The van der Waals surface area contributed by atoms with Crippen molar-refractivity contribution >= 4 is 15.8 Å². The summed E-state index contributed by atoms with van der Waals surface area (Å²) in [5.41, 5.74) is 0.792. The fraction of sp³-hybridized carbons (Fsp3) is 0.467. The number of hydrogen-bond donors (Lipinski definition) is 2. The highest BCUT2D eigenvalue weighted by molar-refractivity contribution is 7.89. The molecule has 0 aliphatic carbocycles. The van der Waals surface area contributed by atoms with Gasteiger partial charge < -0.3 is 9.84 Å². The topological polar surface area (TPSA) is 97.1 Å². The van der Waals surface area contributed by atoms with Crippen molar-refractivity contribution in [1.82, 2.24) is 14.9 Å². The number of pyridine rings is 1. The molecule has 2 aromatic rings. The van der Waals surface area contributed by atoms with Crippen LogP contribution in [0.25, 0.3) is 0 Å². The molecular formula is C15H22N4O3S. The molecule has 0 aliphatic heterocycles. The second kappa shape index (κ2) is 7.56. The van der Waals surface area contributed by atoms with Gasteiger partial charge in [0, 0.05) is 12.6 Å². The first kappa shape index (κ1) is 17.4. The summed E-state index contributed by atoms with van der Waals surface area (Å²) in [6.07, 6.45) is 0.780. The molecule has 8 heteroatoms. The van der Waals surface area contributed by atoms with Crippen LogP contribution >= 0.6 is 0 Å². The summed E-state index contributed by atoms with van der Waals surface area (Å²) in [5, 5.41) is 6.82. The van der Waals surface area contributed by atoms with Crippen LogP contribution in [0, 0.1) is 12.8 Å². The molecule has 0 radical (unpaired) electrons. The van der Waals surface area contributed by atoms with Gasteiger partial charge in [-0.3, -0.25) is 0 Å². The average Bonchev–Trinajstić information content (AvgIpc) is 2.90. The molecule has 23 heavy (non-hydrogen) atoms. The lowest BCUT2D eigenvalue weighted by Crippen LogP contribution is -2.26. The van der Waals surface area contributed by atoms with E-state index in [0.29, 0.717) is 30.6 Å². The fourth-order valence-electron chi connectivity index (χ4n) is 1.90. The van der Waals surface area contributed by atoms with Crippen molar-refractivity contribution in [1.29, 1.82) is 0 Å². The summed E-state index contributed by atoms with van der Waals surface area (Å²) in [5.74, 6) is 1.56. The van der Waals surface area contributed by atoms with E-state index in [-0.39, 0.29) is 5.03 Å². The molecule has 0 saturated heterocycles. The first-order valence-electron chi connectivity index (χ1n) is 7.49. The summed E-state index contributed by atoms with van der Waals surface area (Å²) in [4.78, 5) is 4.14. The lowest BCUT2D eigenvalue weighted by molar-refractivity contribution is 0.384. The van der Waals surface area contributed by atoms with Gasteiger partial charge >= 0.3 is 0 Å². The highest BCUT2D eigenvalue weighted by Gasteiger charge is 2.15. The van der Waals surface area contributed by atoms with Gasteiger partial charge in [0.25, 0.3) is 10.0 Å². The van der Waals surface area contributed by atoms with Gasteiger partial charge in [0.1, 0.15) is 5.82 Å². The van der Waals surface area contributed by atoms with E-state index in [1.54, 1.807) is 18.2 Å². The van der Waals surface area contributed by atoms with Crippen LogP contribution in [0.2, 0.25) is 0 Å². The fourth-order valence-corrected chi connectivity index (χ4v) is 2.91. The van der Waals surface area contributed by atoms with Crippen LogP contribution in [0.3, 0.4) is 0 Å². The monoisotopic (exact) mass is 338 g/mol. The standard InChI is InChI=1S/C15H22N4O3S/c1-11(2)7-8-17-23(20,21)15-6-4-5-14(18-15)16-10-13-9-12(3)19-22-13/h4-6,9,11,17H,7-8,10H2,1-3H3,(H,16,18). The Balaban J connectivity index is 2.00. The van der Waals surface area contributed by atoms with E-state index in [2.05, 4.69) is 20.2 Å². The number of aromatic nitrogens is 2. The number of nitrogens with one attached hydrogen (secondary N) is 2. The number of rotatable bonds is 8. The van der Waals surface area contributed by atoms with Gasteiger partial charge in [0.2, 0.25) is 0 Å². The van der Waals surface area contributed by atoms with Crippen LogP contribution in [0.1, 0.15) is 31.7 Å². The minimum atomic E-state index is -3.59. The largest absolute Gasteiger partial charge is 0.363 e. The summed E-state index contributed by atoms with van der Waals surface area (Å²) in [7, 11) is -3.59. The van der Waals surface area contributed by atoms with Crippen molar-refractivity contribution in [2.45, 2.75) is 38.8 Å². The van der Waals surface area contributed by atoms with Crippen molar-refractivity contribution in [3.63, 3.8) is 0 Å². The molecule has 0 saturated carbocycles. The molecule has 0 fully saturated rings. The Hall–Kier alpha value is -1.93. The molecule has 0 bridgehead atoms. The van der Waals surface area contributed by atoms with Gasteiger partial charge in [-0.15, -0.1) is 0 Å². The highest BCUT2D eigenvalue weighted by atomic mass is 32.2. The van der Waals surface area contributed by atoms with Crippen LogP contribution in [0.15, 0.2) is 33.8 Å². The minimum absolute atomic E-state index is 0.00000609. The van der Waals surface area contributed by atoms with E-state index in [4.69, 9.17) is 4.52 Å². The zero-order chi connectivity index (χ0) is 16.9. The minimum Gasteiger partial charge on any atom is -0.363 e. The third-order valence-electron chi connectivity index (χ3n) is 3.13. The molecule has 0 unspecified atom stereocenters. The second-order valence-electron chi connectivity index (χ2n) is 5.73. The Bertz CT molecular complexity index is 741. The molecule has 2 aromatic heterocycles. The van der Waals surface area contributed by atoms with Crippen molar-refractivity contribution in [3.8, 4) is 0 Å². The molecule has 0 spiro atoms. The molecule has 0 amide bonds. The van der Waals surface area contributed by atoms with Gasteiger partial charge in [-0.05, 0) is 31.4 Å². The van der Waals surface area contributed by atoms with E-state index in [9.17, 15) is 8.42 Å². The maximum atomic E-state index is 12.2. The number of anilines is 1. The number of nitrogens with zero attached hydrogens (tertiary/aromatic N) is 2. The molecule has 0 aromatic carbocycles. The number of sulfonamides is 1. The molecule has 2 rings (SSSR count). The molecule has 126 valence electrons. The zero-order valence-electron chi connectivity index (χ0n) is 13.5. The Labute approximate surface area is 136 Å². The summed E-state index contributed by atoms with van der Waals surface area (Å²) in [6, 6.07) is 6.64. The molecule has 2 N–H and O–H groups in total. The van der Waals surface area contributed by atoms with Crippen molar-refractivity contribution in [2.75, 3.05) is 11.9 Å². The molecular weight excluding hydrogens is 316 g/mol. The Morgan fingerprint density at radius 3 is 2.74 bits per heavy atom. The van der Waals surface area contributed by atoms with Crippen LogP contribution in [-0.2, 0) is 16.6 Å². The number of hydrogen-bond acceptors (Lipinski definition) is 6. The average molecular weight is 338 g/mol. The summed E-state index contributed by atoms with van der Waals surface area (Å²) < 4.78 is 32.1. The zero-order valence-corrected chi connectivity index (χ0v) is 14.4. The van der Waals surface area contributed by atoms with Gasteiger partial charge in [-0.2, -0.15) is 0 Å². The first-order chi connectivity index (χ1) is 10.9. The molecule has 0 atom stereocenters. The Kier molecular flexibility index (Phi) is 5.73. The molecule has 7 nitrogen and oxygen atoms in total. The van der Waals surface area contributed by atoms with E-state index >= 15 is 0 Å². The van der Waals surface area contributed by atoms with E-state index in [1.165, 1.54) is 6.07 Å². The quantitative estimate of drug-likeness (QED) is 0.766. The maximum Gasteiger partial charge on any atom is 0.258 e. The highest BCUT2D eigenvalue weighted by Crippen LogP contribution is 2.12. The smallest absolute Gasteiger partial charge is 0.258 e. The van der Waals surface area contributed by atoms with Crippen LogP contribution in [0.4, 0.5) is 5.82 Å². The van der Waals surface area contributed by atoms with Crippen molar-refractivity contribution in [3.05, 3.63) is 35.7 Å². The van der Waals surface area contributed by atoms with Crippen LogP contribution < -0.4 is 10.0 Å². The van der Waals surface area contributed by atoms with Gasteiger partial charge in [-0.1, -0.05) is 25.1 Å². The van der Waals surface area contributed by atoms with E-state index in [1.807, 2.05) is 20.8 Å². The Morgan fingerprint density at radius 1 is 1.30 bits per heavy atom. The van der Waals surface area contributed by atoms with E-state index < -0.39 is 10.0 Å².